The molecule has 1 aromatic carbocycles. The lowest BCUT2D eigenvalue weighted by molar-refractivity contribution is -0.119. The maximum absolute atomic E-state index is 12.2. The van der Waals surface area contributed by atoms with Crippen LogP contribution in [-0.4, -0.2) is 55.1 Å². The average molecular weight is 317 g/mol. The van der Waals surface area contributed by atoms with Gasteiger partial charge in [-0.05, 0) is 38.0 Å². The van der Waals surface area contributed by atoms with Crippen LogP contribution in [0.15, 0.2) is 24.3 Å². The second-order valence-corrected chi connectivity index (χ2v) is 6.29. The van der Waals surface area contributed by atoms with Crippen LogP contribution in [0.5, 0.6) is 0 Å². The number of amides is 2. The Morgan fingerprint density at radius 2 is 2.17 bits per heavy atom. The maximum Gasteiger partial charge on any atom is 0.251 e. The first kappa shape index (κ1) is 16.0. The van der Waals surface area contributed by atoms with Gasteiger partial charge in [0.1, 0.15) is 0 Å². The van der Waals surface area contributed by atoms with Gasteiger partial charge in [0.2, 0.25) is 5.91 Å². The fourth-order valence-corrected chi connectivity index (χ4v) is 2.67. The summed E-state index contributed by atoms with van der Waals surface area (Å²) in [5.41, 5.74) is 1.23. The molecule has 1 atom stereocenters. The van der Waals surface area contributed by atoms with Crippen molar-refractivity contribution in [3.63, 3.8) is 0 Å². The summed E-state index contributed by atoms with van der Waals surface area (Å²) in [5, 5.41) is 5.81. The zero-order valence-electron chi connectivity index (χ0n) is 13.4. The topological polar surface area (TPSA) is 70.7 Å². The van der Waals surface area contributed by atoms with E-state index in [2.05, 4.69) is 15.5 Å². The number of hydrogen-bond acceptors (Lipinski definition) is 4. The number of hydrogen-bond donors (Lipinski definition) is 2. The third-order valence-corrected chi connectivity index (χ3v) is 4.01. The van der Waals surface area contributed by atoms with E-state index >= 15 is 0 Å². The first-order valence-electron chi connectivity index (χ1n) is 8.15. The highest BCUT2D eigenvalue weighted by Gasteiger charge is 2.24. The monoisotopic (exact) mass is 317 g/mol. The van der Waals surface area contributed by atoms with Gasteiger partial charge in [0, 0.05) is 30.4 Å². The molecule has 1 heterocycles. The SMILES string of the molecule is CC1CN(CC(=O)Nc2cccc(C(=O)NC3CC3)c2)CCO1. The zero-order valence-corrected chi connectivity index (χ0v) is 13.4. The molecule has 0 radical (unpaired) electrons. The van der Waals surface area contributed by atoms with Gasteiger partial charge in [-0.3, -0.25) is 14.5 Å². The Bertz CT molecular complexity index is 586. The summed E-state index contributed by atoms with van der Waals surface area (Å²) in [6, 6.07) is 7.39. The Hall–Kier alpha value is -1.92. The number of carbonyl (C=O) groups is 2. The van der Waals surface area contributed by atoms with Gasteiger partial charge in [-0.1, -0.05) is 6.07 Å². The van der Waals surface area contributed by atoms with Gasteiger partial charge in [-0.15, -0.1) is 0 Å². The van der Waals surface area contributed by atoms with Crippen LogP contribution in [0.25, 0.3) is 0 Å². The van der Waals surface area contributed by atoms with Gasteiger partial charge in [-0.2, -0.15) is 0 Å². The molecule has 23 heavy (non-hydrogen) atoms. The standard InChI is InChI=1S/C17H23N3O3/c1-12-10-20(7-8-23-12)11-16(21)18-15-4-2-3-13(9-15)17(22)19-14-5-6-14/h2-4,9,12,14H,5-8,10-11H2,1H3,(H,18,21)(H,19,22). The van der Waals surface area contributed by atoms with E-state index in [1.807, 2.05) is 6.92 Å². The molecule has 124 valence electrons. The highest BCUT2D eigenvalue weighted by Crippen LogP contribution is 2.20. The lowest BCUT2D eigenvalue weighted by Gasteiger charge is -2.30. The number of anilines is 1. The van der Waals surface area contributed by atoms with Crippen molar-refractivity contribution >= 4 is 17.5 Å². The summed E-state index contributed by atoms with van der Waals surface area (Å²) in [6.07, 6.45) is 2.27. The van der Waals surface area contributed by atoms with Gasteiger partial charge in [-0.25, -0.2) is 0 Å². The molecule has 1 saturated carbocycles. The van der Waals surface area contributed by atoms with Crippen LogP contribution < -0.4 is 10.6 Å². The van der Waals surface area contributed by atoms with Gasteiger partial charge < -0.3 is 15.4 Å². The Balaban J connectivity index is 1.54. The molecule has 2 fully saturated rings. The minimum atomic E-state index is -0.0781. The minimum Gasteiger partial charge on any atom is -0.376 e. The number of nitrogens with zero attached hydrogens (tertiary/aromatic N) is 1. The third-order valence-electron chi connectivity index (χ3n) is 4.01. The van der Waals surface area contributed by atoms with Crippen molar-refractivity contribution in [2.75, 3.05) is 31.6 Å². The molecule has 2 aliphatic rings. The number of morpholine rings is 1. The van der Waals surface area contributed by atoms with E-state index in [9.17, 15) is 9.59 Å². The Labute approximate surface area is 136 Å². The molecule has 0 spiro atoms. The second kappa shape index (κ2) is 7.10. The van der Waals surface area contributed by atoms with Crippen molar-refractivity contribution in [1.29, 1.82) is 0 Å². The maximum atomic E-state index is 12.2. The highest BCUT2D eigenvalue weighted by atomic mass is 16.5. The largest absolute Gasteiger partial charge is 0.376 e. The summed E-state index contributed by atoms with van der Waals surface area (Å²) >= 11 is 0. The molecule has 1 aromatic rings. The average Bonchev–Trinajstić information content (AvgIpc) is 3.31. The lowest BCUT2D eigenvalue weighted by atomic mass is 10.2. The highest BCUT2D eigenvalue weighted by molar-refractivity contribution is 5.97. The molecule has 2 N–H and O–H groups in total. The van der Waals surface area contributed by atoms with Gasteiger partial charge in [0.05, 0.1) is 19.3 Å². The van der Waals surface area contributed by atoms with Crippen LogP contribution in [0.1, 0.15) is 30.1 Å². The summed E-state index contributed by atoms with van der Waals surface area (Å²) in [5.74, 6) is -0.149. The molecule has 0 aromatic heterocycles. The van der Waals surface area contributed by atoms with E-state index < -0.39 is 0 Å². The zero-order chi connectivity index (χ0) is 16.2. The van der Waals surface area contributed by atoms with Crippen LogP contribution in [0, 0.1) is 0 Å². The summed E-state index contributed by atoms with van der Waals surface area (Å²) in [7, 11) is 0. The predicted octanol–water partition coefficient (Wildman–Crippen LogP) is 1.24. The smallest absolute Gasteiger partial charge is 0.251 e. The number of rotatable bonds is 5. The van der Waals surface area contributed by atoms with Crippen molar-refractivity contribution in [3.8, 4) is 0 Å². The fourth-order valence-electron chi connectivity index (χ4n) is 2.67. The van der Waals surface area contributed by atoms with Crippen LogP contribution in [0.2, 0.25) is 0 Å². The molecular weight excluding hydrogens is 294 g/mol. The summed E-state index contributed by atoms with van der Waals surface area (Å²) in [6.45, 7) is 4.53. The van der Waals surface area contributed by atoms with E-state index in [0.29, 0.717) is 30.4 Å². The Kier molecular flexibility index (Phi) is 4.93. The van der Waals surface area contributed by atoms with Crippen molar-refractivity contribution in [2.24, 2.45) is 0 Å². The van der Waals surface area contributed by atoms with Crippen LogP contribution in [-0.2, 0) is 9.53 Å². The summed E-state index contributed by atoms with van der Waals surface area (Å²) in [4.78, 5) is 26.3. The van der Waals surface area contributed by atoms with Gasteiger partial charge in [0.15, 0.2) is 0 Å². The van der Waals surface area contributed by atoms with E-state index in [0.717, 1.165) is 25.9 Å². The third kappa shape index (κ3) is 4.77. The first-order chi connectivity index (χ1) is 11.1. The number of ether oxygens (including phenoxy) is 1. The molecule has 6 nitrogen and oxygen atoms in total. The van der Waals surface area contributed by atoms with E-state index in [-0.39, 0.29) is 17.9 Å². The van der Waals surface area contributed by atoms with E-state index in [1.54, 1.807) is 24.3 Å². The quantitative estimate of drug-likeness (QED) is 0.857. The Morgan fingerprint density at radius 1 is 1.35 bits per heavy atom. The number of carbonyl (C=O) groups excluding carboxylic acids is 2. The Morgan fingerprint density at radius 3 is 2.91 bits per heavy atom. The molecule has 1 saturated heterocycles. The van der Waals surface area contributed by atoms with Crippen LogP contribution >= 0.6 is 0 Å². The van der Waals surface area contributed by atoms with Crippen LogP contribution in [0.4, 0.5) is 5.69 Å². The van der Waals surface area contributed by atoms with Crippen molar-refractivity contribution in [1.82, 2.24) is 10.2 Å². The number of benzene rings is 1. The minimum absolute atomic E-state index is 0.0705. The predicted molar refractivity (Wildman–Crippen MR) is 87.4 cm³/mol. The normalized spacial score (nSPS) is 21.7. The molecule has 0 bridgehead atoms. The second-order valence-electron chi connectivity index (χ2n) is 6.29. The molecule has 1 unspecified atom stereocenters. The van der Waals surface area contributed by atoms with Gasteiger partial charge >= 0.3 is 0 Å². The van der Waals surface area contributed by atoms with Crippen molar-refractivity contribution < 1.29 is 14.3 Å². The molecule has 1 aliphatic carbocycles. The van der Waals surface area contributed by atoms with Gasteiger partial charge in [0.25, 0.3) is 5.91 Å². The lowest BCUT2D eigenvalue weighted by Crippen LogP contribution is -2.44. The number of nitrogens with one attached hydrogen (secondary N) is 2. The molecule has 6 heteroatoms. The van der Waals surface area contributed by atoms with E-state index in [1.165, 1.54) is 0 Å². The fraction of sp³-hybridized carbons (Fsp3) is 0.529. The molecular formula is C17H23N3O3. The molecule has 1 aliphatic heterocycles. The van der Waals surface area contributed by atoms with Crippen molar-refractivity contribution in [3.05, 3.63) is 29.8 Å². The first-order valence-corrected chi connectivity index (χ1v) is 8.15. The van der Waals surface area contributed by atoms with Crippen LogP contribution in [0.3, 0.4) is 0 Å². The summed E-state index contributed by atoms with van der Waals surface area (Å²) < 4.78 is 5.47. The molecule has 3 rings (SSSR count). The van der Waals surface area contributed by atoms with E-state index in [4.69, 9.17) is 4.74 Å². The molecule has 2 amide bonds. The van der Waals surface area contributed by atoms with Crippen molar-refractivity contribution in [2.45, 2.75) is 31.9 Å².